The van der Waals surface area contributed by atoms with E-state index in [1.54, 1.807) is 0 Å². The molecule has 0 saturated carbocycles. The normalized spacial score (nSPS) is 12.5. The van der Waals surface area contributed by atoms with Gasteiger partial charge in [0.1, 0.15) is 0 Å². The van der Waals surface area contributed by atoms with E-state index < -0.39 is 0 Å². The summed E-state index contributed by atoms with van der Waals surface area (Å²) >= 11 is 0. The molecule has 0 aromatic heterocycles. The van der Waals surface area contributed by atoms with Gasteiger partial charge in [-0.2, -0.15) is 0 Å². The van der Waals surface area contributed by atoms with Crippen molar-refractivity contribution in [1.82, 2.24) is 0 Å². The quantitative estimate of drug-likeness (QED) is 0.617. The molecule has 1 heteroatoms. The number of nitrogens with zero attached hydrogens (tertiary/aromatic N) is 1. The van der Waals surface area contributed by atoms with Crippen LogP contribution >= 0.6 is 0 Å². The van der Waals surface area contributed by atoms with Crippen molar-refractivity contribution in [3.05, 3.63) is 47.3 Å². The van der Waals surface area contributed by atoms with E-state index in [2.05, 4.69) is 30.8 Å². The molecule has 13 heavy (non-hydrogen) atoms. The summed E-state index contributed by atoms with van der Waals surface area (Å²) in [7, 11) is 0. The zero-order valence-corrected chi connectivity index (χ0v) is 8.20. The molecular formula is C12H15N. The number of rotatable bonds is 3. The smallest absolute Gasteiger partial charge is 0.221 e. The molecule has 0 aliphatic heterocycles. The molecule has 1 rings (SSSR count). The Bertz CT molecular complexity index is 282. The fourth-order valence-electron chi connectivity index (χ4n) is 1.50. The van der Waals surface area contributed by atoms with Crippen molar-refractivity contribution in [3.8, 4) is 0 Å². The summed E-state index contributed by atoms with van der Waals surface area (Å²) in [6.07, 6.45) is 0. The van der Waals surface area contributed by atoms with Gasteiger partial charge >= 0.3 is 0 Å². The summed E-state index contributed by atoms with van der Waals surface area (Å²) < 4.78 is 0. The summed E-state index contributed by atoms with van der Waals surface area (Å²) in [5.74, 6) is 0.926. The van der Waals surface area contributed by atoms with Gasteiger partial charge in [-0.1, -0.05) is 44.2 Å². The highest BCUT2D eigenvalue weighted by Crippen LogP contribution is 2.24. The Balaban J connectivity index is 2.84. The second kappa shape index (κ2) is 4.67. The van der Waals surface area contributed by atoms with Crippen LogP contribution in [0.15, 0.2) is 30.3 Å². The van der Waals surface area contributed by atoms with Crippen molar-refractivity contribution >= 4 is 0 Å². The molecule has 1 aromatic carbocycles. The first-order valence-corrected chi connectivity index (χ1v) is 4.64. The lowest BCUT2D eigenvalue weighted by atomic mass is 9.89. The first-order valence-electron chi connectivity index (χ1n) is 4.64. The third-order valence-corrected chi connectivity index (χ3v) is 2.32. The van der Waals surface area contributed by atoms with Gasteiger partial charge in [0.15, 0.2) is 0 Å². The van der Waals surface area contributed by atoms with Gasteiger partial charge in [0.2, 0.25) is 6.54 Å². The molecule has 0 aliphatic rings. The molecule has 1 atom stereocenters. The second-order valence-electron chi connectivity index (χ2n) is 3.60. The summed E-state index contributed by atoms with van der Waals surface area (Å²) in [6, 6.07) is 10.3. The Morgan fingerprint density at radius 3 is 2.31 bits per heavy atom. The molecular weight excluding hydrogens is 158 g/mol. The van der Waals surface area contributed by atoms with Crippen LogP contribution in [0.4, 0.5) is 0 Å². The zero-order chi connectivity index (χ0) is 9.68. The van der Waals surface area contributed by atoms with Crippen LogP contribution in [-0.4, -0.2) is 6.54 Å². The Morgan fingerprint density at radius 1 is 1.23 bits per heavy atom. The molecule has 1 aromatic rings. The van der Waals surface area contributed by atoms with E-state index in [1.807, 2.05) is 18.2 Å². The van der Waals surface area contributed by atoms with Crippen molar-refractivity contribution in [3.63, 3.8) is 0 Å². The molecule has 68 valence electrons. The minimum atomic E-state index is 0.388. The van der Waals surface area contributed by atoms with Gasteiger partial charge < -0.3 is 4.85 Å². The minimum Gasteiger partial charge on any atom is -0.316 e. The second-order valence-corrected chi connectivity index (χ2v) is 3.60. The van der Waals surface area contributed by atoms with Crippen molar-refractivity contribution in [2.24, 2.45) is 5.92 Å². The predicted molar refractivity (Wildman–Crippen MR) is 55.5 cm³/mol. The van der Waals surface area contributed by atoms with Gasteiger partial charge in [0, 0.05) is 0 Å². The number of hydrogen-bond acceptors (Lipinski definition) is 0. The summed E-state index contributed by atoms with van der Waals surface area (Å²) in [5.41, 5.74) is 1.29. The maximum Gasteiger partial charge on any atom is 0.221 e. The van der Waals surface area contributed by atoms with E-state index in [4.69, 9.17) is 6.57 Å². The van der Waals surface area contributed by atoms with Crippen LogP contribution in [-0.2, 0) is 0 Å². The SMILES string of the molecule is [C-]#[N+]CC(c1ccccc1)C(C)C. The fraction of sp³-hybridized carbons (Fsp3) is 0.417. The average Bonchev–Trinajstić information content (AvgIpc) is 2.15. The van der Waals surface area contributed by atoms with Gasteiger partial charge in [0.25, 0.3) is 0 Å². The number of benzene rings is 1. The van der Waals surface area contributed by atoms with E-state index in [0.29, 0.717) is 18.4 Å². The highest BCUT2D eigenvalue weighted by Gasteiger charge is 2.17. The van der Waals surface area contributed by atoms with Crippen LogP contribution < -0.4 is 0 Å². The van der Waals surface area contributed by atoms with E-state index in [0.717, 1.165) is 0 Å². The lowest BCUT2D eigenvalue weighted by Gasteiger charge is -2.15. The molecule has 0 amide bonds. The van der Waals surface area contributed by atoms with E-state index >= 15 is 0 Å². The Morgan fingerprint density at radius 2 is 1.85 bits per heavy atom. The van der Waals surface area contributed by atoms with Crippen LogP contribution in [0.3, 0.4) is 0 Å². The first kappa shape index (κ1) is 9.80. The third kappa shape index (κ3) is 2.59. The Labute approximate surface area is 80.2 Å². The average molecular weight is 173 g/mol. The number of hydrogen-bond donors (Lipinski definition) is 0. The van der Waals surface area contributed by atoms with Gasteiger partial charge in [0.05, 0.1) is 5.92 Å². The maximum absolute atomic E-state index is 6.90. The molecule has 0 aliphatic carbocycles. The standard InChI is InChI=1S/C12H15N/c1-10(2)12(9-13-3)11-7-5-4-6-8-11/h4-8,10,12H,9H2,1-2H3. The molecule has 0 radical (unpaired) electrons. The fourth-order valence-corrected chi connectivity index (χ4v) is 1.50. The van der Waals surface area contributed by atoms with Crippen molar-refractivity contribution in [2.75, 3.05) is 6.54 Å². The largest absolute Gasteiger partial charge is 0.316 e. The molecule has 0 saturated heterocycles. The van der Waals surface area contributed by atoms with Crippen LogP contribution in [0.5, 0.6) is 0 Å². The Kier molecular flexibility index (Phi) is 3.52. The highest BCUT2D eigenvalue weighted by molar-refractivity contribution is 5.21. The summed E-state index contributed by atoms with van der Waals surface area (Å²) in [6.45, 7) is 11.8. The summed E-state index contributed by atoms with van der Waals surface area (Å²) in [4.78, 5) is 3.48. The highest BCUT2D eigenvalue weighted by atomic mass is 14.6. The maximum atomic E-state index is 6.90. The zero-order valence-electron chi connectivity index (χ0n) is 8.20. The van der Waals surface area contributed by atoms with E-state index in [-0.39, 0.29) is 0 Å². The summed E-state index contributed by atoms with van der Waals surface area (Å²) in [5, 5.41) is 0. The first-order chi connectivity index (χ1) is 6.25. The van der Waals surface area contributed by atoms with Crippen LogP contribution in [0, 0.1) is 12.5 Å². The van der Waals surface area contributed by atoms with E-state index in [1.165, 1.54) is 5.56 Å². The lowest BCUT2D eigenvalue weighted by molar-refractivity contribution is 0.525. The van der Waals surface area contributed by atoms with Crippen molar-refractivity contribution in [1.29, 1.82) is 0 Å². The molecule has 1 unspecified atom stereocenters. The third-order valence-electron chi connectivity index (χ3n) is 2.32. The van der Waals surface area contributed by atoms with E-state index in [9.17, 15) is 0 Å². The molecule has 0 fully saturated rings. The predicted octanol–water partition coefficient (Wildman–Crippen LogP) is 3.35. The lowest BCUT2D eigenvalue weighted by Crippen LogP contribution is -2.09. The van der Waals surface area contributed by atoms with Gasteiger partial charge in [-0.05, 0) is 11.5 Å². The van der Waals surface area contributed by atoms with Crippen LogP contribution in [0.2, 0.25) is 0 Å². The monoisotopic (exact) mass is 173 g/mol. The topological polar surface area (TPSA) is 4.36 Å². The minimum absolute atomic E-state index is 0.388. The van der Waals surface area contributed by atoms with Crippen LogP contribution in [0.1, 0.15) is 25.3 Å². The van der Waals surface area contributed by atoms with Crippen molar-refractivity contribution < 1.29 is 0 Å². The molecule has 0 heterocycles. The van der Waals surface area contributed by atoms with Crippen LogP contribution in [0.25, 0.3) is 4.85 Å². The van der Waals surface area contributed by atoms with Gasteiger partial charge in [-0.15, -0.1) is 0 Å². The molecule has 0 bridgehead atoms. The molecule has 0 spiro atoms. The Hall–Kier alpha value is -1.29. The van der Waals surface area contributed by atoms with Crippen molar-refractivity contribution in [2.45, 2.75) is 19.8 Å². The molecule has 0 N–H and O–H groups in total. The van der Waals surface area contributed by atoms with Gasteiger partial charge in [-0.3, -0.25) is 0 Å². The molecule has 1 nitrogen and oxygen atoms in total. The van der Waals surface area contributed by atoms with Gasteiger partial charge in [-0.25, -0.2) is 6.57 Å².